The summed E-state index contributed by atoms with van der Waals surface area (Å²) in [6, 6.07) is 14.3. The molecule has 1 N–H and O–H groups in total. The Balaban J connectivity index is 1.93. The lowest BCUT2D eigenvalue weighted by atomic mass is 10.0. The van der Waals surface area contributed by atoms with Gasteiger partial charge in [-0.3, -0.25) is 14.6 Å². The van der Waals surface area contributed by atoms with E-state index in [0.717, 1.165) is 24.3 Å². The Morgan fingerprint density at radius 2 is 1.70 bits per heavy atom. The number of carbonyl (C=O) groups is 2. The van der Waals surface area contributed by atoms with Crippen LogP contribution in [0, 0.1) is 0 Å². The van der Waals surface area contributed by atoms with Crippen LogP contribution in [-0.2, 0) is 11.2 Å². The number of rotatable bonds is 12. The van der Waals surface area contributed by atoms with Gasteiger partial charge < -0.3 is 24.6 Å². The molecule has 1 heterocycles. The summed E-state index contributed by atoms with van der Waals surface area (Å²) >= 11 is 0. The summed E-state index contributed by atoms with van der Waals surface area (Å²) in [4.78, 5) is 33.9. The van der Waals surface area contributed by atoms with Crippen molar-refractivity contribution >= 4 is 23.1 Å². The van der Waals surface area contributed by atoms with Crippen LogP contribution < -0.4 is 19.7 Å². The Hall–Kier alpha value is -4.17. The van der Waals surface area contributed by atoms with Gasteiger partial charge in [-0.15, -0.1) is 0 Å². The fourth-order valence-corrected chi connectivity index (χ4v) is 3.83. The van der Waals surface area contributed by atoms with Crippen LogP contribution in [0.25, 0.3) is 0 Å². The van der Waals surface area contributed by atoms with Crippen LogP contribution in [0.1, 0.15) is 27.2 Å². The topological polar surface area (TPSA) is 84.0 Å². The number of hydrogen-bond acceptors (Lipinski definition) is 7. The molecule has 0 aliphatic heterocycles. The molecule has 0 saturated carbocycles. The Morgan fingerprint density at radius 1 is 0.973 bits per heavy atom. The summed E-state index contributed by atoms with van der Waals surface area (Å²) in [5.74, 6) is 0.949. The molecule has 1 amide bonds. The van der Waals surface area contributed by atoms with E-state index in [9.17, 15) is 9.59 Å². The van der Waals surface area contributed by atoms with Gasteiger partial charge in [0.2, 0.25) is 5.91 Å². The third-order valence-electron chi connectivity index (χ3n) is 5.94. The predicted molar refractivity (Wildman–Crippen MR) is 147 cm³/mol. The lowest BCUT2D eigenvalue weighted by Crippen LogP contribution is -2.29. The predicted octanol–water partition coefficient (Wildman–Crippen LogP) is 4.04. The zero-order chi connectivity index (χ0) is 26.9. The molecule has 0 aliphatic carbocycles. The van der Waals surface area contributed by atoms with Crippen LogP contribution in [-0.4, -0.2) is 70.0 Å². The molecule has 0 unspecified atom stereocenters. The molecule has 2 aromatic carbocycles. The highest BCUT2D eigenvalue weighted by atomic mass is 16.5. The number of nitrogens with one attached hydrogen (secondary N) is 1. The van der Waals surface area contributed by atoms with Crippen molar-refractivity contribution in [3.05, 3.63) is 89.8 Å². The largest absolute Gasteiger partial charge is 0.497 e. The number of carbonyl (C=O) groups excluding carboxylic acids is 2. The molecule has 3 aromatic rings. The number of likely N-dealkylation sites (N-methyl/N-ethyl adjacent to an activating group) is 2. The molecule has 0 aliphatic rings. The first-order chi connectivity index (χ1) is 17.7. The zero-order valence-corrected chi connectivity index (χ0v) is 22.1. The standard InChI is InChI=1S/C29H34N4O4/c1-7-28(34)31-25-18-22(27(37-6)19-26(25)33(4)15-14-32(2)3)17-23-16-21(12-13-30-23)29(35)20-8-10-24(36-5)11-9-20/h7-13,16,18-19H,1,14-15,17H2,2-6H3,(H,31,34). The normalized spacial score (nSPS) is 10.6. The number of pyridine rings is 1. The van der Waals surface area contributed by atoms with E-state index in [-0.39, 0.29) is 11.7 Å². The Labute approximate surface area is 218 Å². The molecular formula is C29H34N4O4. The second-order valence-electron chi connectivity index (χ2n) is 8.87. The molecule has 3 rings (SSSR count). The van der Waals surface area contributed by atoms with Crippen LogP contribution in [0.5, 0.6) is 11.5 Å². The van der Waals surface area contributed by atoms with Crippen LogP contribution >= 0.6 is 0 Å². The van der Waals surface area contributed by atoms with Crippen LogP contribution in [0.4, 0.5) is 11.4 Å². The number of ether oxygens (including phenoxy) is 2. The van der Waals surface area contributed by atoms with Crippen molar-refractivity contribution in [2.24, 2.45) is 0 Å². The van der Waals surface area contributed by atoms with E-state index in [1.165, 1.54) is 6.08 Å². The van der Waals surface area contributed by atoms with Gasteiger partial charge in [-0.25, -0.2) is 0 Å². The molecule has 0 spiro atoms. The van der Waals surface area contributed by atoms with Gasteiger partial charge >= 0.3 is 0 Å². The highest BCUT2D eigenvalue weighted by molar-refractivity contribution is 6.09. The Bertz CT molecular complexity index is 1260. The van der Waals surface area contributed by atoms with Crippen LogP contribution in [0.15, 0.2) is 67.4 Å². The van der Waals surface area contributed by atoms with Gasteiger partial charge in [-0.1, -0.05) is 6.58 Å². The molecule has 0 bridgehead atoms. The first-order valence-corrected chi connectivity index (χ1v) is 11.9. The number of anilines is 2. The number of methoxy groups -OCH3 is 2. The van der Waals surface area contributed by atoms with Crippen molar-refractivity contribution in [3.8, 4) is 11.5 Å². The number of hydrogen-bond donors (Lipinski definition) is 1. The second kappa shape index (κ2) is 12.7. The summed E-state index contributed by atoms with van der Waals surface area (Å²) in [6.45, 7) is 5.16. The molecule has 0 atom stereocenters. The van der Waals surface area contributed by atoms with Gasteiger partial charge in [-0.05, 0) is 62.6 Å². The van der Waals surface area contributed by atoms with Crippen molar-refractivity contribution < 1.29 is 19.1 Å². The van der Waals surface area contributed by atoms with Gasteiger partial charge in [-0.2, -0.15) is 0 Å². The third kappa shape index (κ3) is 7.17. The van der Waals surface area contributed by atoms with Crippen molar-refractivity contribution in [1.82, 2.24) is 9.88 Å². The van der Waals surface area contributed by atoms with Gasteiger partial charge in [0.1, 0.15) is 11.5 Å². The first-order valence-electron chi connectivity index (χ1n) is 11.9. The highest BCUT2D eigenvalue weighted by Crippen LogP contribution is 2.34. The lowest BCUT2D eigenvalue weighted by Gasteiger charge is -2.26. The van der Waals surface area contributed by atoms with Crippen molar-refractivity contribution in [1.29, 1.82) is 0 Å². The van der Waals surface area contributed by atoms with Crippen molar-refractivity contribution in [3.63, 3.8) is 0 Å². The third-order valence-corrected chi connectivity index (χ3v) is 5.94. The van der Waals surface area contributed by atoms with E-state index in [0.29, 0.717) is 40.4 Å². The first kappa shape index (κ1) is 27.4. The molecule has 0 saturated heterocycles. The molecule has 0 fully saturated rings. The minimum absolute atomic E-state index is 0.102. The number of benzene rings is 2. The number of amides is 1. The van der Waals surface area contributed by atoms with E-state index in [1.807, 2.05) is 33.3 Å². The number of ketones is 1. The molecule has 8 heteroatoms. The molecule has 8 nitrogen and oxygen atoms in total. The van der Waals surface area contributed by atoms with Crippen molar-refractivity contribution in [2.45, 2.75) is 6.42 Å². The van der Waals surface area contributed by atoms with E-state index < -0.39 is 0 Å². The molecule has 0 radical (unpaired) electrons. The summed E-state index contributed by atoms with van der Waals surface area (Å²) in [5, 5.41) is 2.91. The maximum atomic E-state index is 13.1. The molecule has 37 heavy (non-hydrogen) atoms. The minimum Gasteiger partial charge on any atom is -0.497 e. The summed E-state index contributed by atoms with van der Waals surface area (Å²) < 4.78 is 10.9. The Kier molecular flexibility index (Phi) is 9.40. The van der Waals surface area contributed by atoms with E-state index in [4.69, 9.17) is 9.47 Å². The average molecular weight is 503 g/mol. The summed E-state index contributed by atoms with van der Waals surface area (Å²) in [5.41, 5.74) is 4.10. The minimum atomic E-state index is -0.302. The summed E-state index contributed by atoms with van der Waals surface area (Å²) in [7, 11) is 9.19. The zero-order valence-electron chi connectivity index (χ0n) is 22.1. The quantitative estimate of drug-likeness (QED) is 0.296. The SMILES string of the molecule is C=CC(=O)Nc1cc(Cc2cc(C(=O)c3ccc(OC)cc3)ccn2)c(OC)cc1N(C)CCN(C)C. The Morgan fingerprint density at radius 3 is 2.32 bits per heavy atom. The number of aromatic nitrogens is 1. The number of nitrogens with zero attached hydrogens (tertiary/aromatic N) is 3. The fourth-order valence-electron chi connectivity index (χ4n) is 3.83. The van der Waals surface area contributed by atoms with Gasteiger partial charge in [0.05, 0.1) is 25.6 Å². The van der Waals surface area contributed by atoms with Gasteiger partial charge in [0, 0.05) is 61.2 Å². The smallest absolute Gasteiger partial charge is 0.247 e. The van der Waals surface area contributed by atoms with E-state index in [2.05, 4.69) is 26.7 Å². The van der Waals surface area contributed by atoms with Crippen molar-refractivity contribution in [2.75, 3.05) is 58.7 Å². The second-order valence-corrected chi connectivity index (χ2v) is 8.87. The fraction of sp³-hybridized carbons (Fsp3) is 0.276. The molecular weight excluding hydrogens is 468 g/mol. The summed E-state index contributed by atoms with van der Waals surface area (Å²) in [6.07, 6.45) is 3.28. The van der Waals surface area contributed by atoms with E-state index >= 15 is 0 Å². The monoisotopic (exact) mass is 502 g/mol. The van der Waals surface area contributed by atoms with Gasteiger partial charge in [0.25, 0.3) is 0 Å². The van der Waals surface area contributed by atoms with Crippen LogP contribution in [0.2, 0.25) is 0 Å². The van der Waals surface area contributed by atoms with Crippen LogP contribution in [0.3, 0.4) is 0 Å². The highest BCUT2D eigenvalue weighted by Gasteiger charge is 2.17. The average Bonchev–Trinajstić information content (AvgIpc) is 2.91. The molecule has 194 valence electrons. The maximum Gasteiger partial charge on any atom is 0.247 e. The van der Waals surface area contributed by atoms with E-state index in [1.54, 1.807) is 56.8 Å². The lowest BCUT2D eigenvalue weighted by molar-refractivity contribution is -0.111. The van der Waals surface area contributed by atoms with Gasteiger partial charge in [0.15, 0.2) is 5.78 Å². The molecule has 1 aromatic heterocycles. The maximum absolute atomic E-state index is 13.1.